The number of rotatable bonds is 4. The maximum absolute atomic E-state index is 12.2. The molecule has 1 aliphatic rings. The topological polar surface area (TPSA) is 29.1 Å². The third-order valence-corrected chi connectivity index (χ3v) is 5.63. The molecule has 2 rings (SSSR count). The molecule has 0 bridgehead atoms. The van der Waals surface area contributed by atoms with E-state index in [4.69, 9.17) is 23.2 Å². The van der Waals surface area contributed by atoms with E-state index < -0.39 is 0 Å². The monoisotopic (exact) mass is 377 g/mol. The predicted molar refractivity (Wildman–Crippen MR) is 87.9 cm³/mol. The second-order valence-electron chi connectivity index (χ2n) is 5.45. The van der Waals surface area contributed by atoms with Gasteiger partial charge in [-0.1, -0.05) is 64.5 Å². The first-order valence-corrected chi connectivity index (χ1v) is 8.73. The molecule has 0 radical (unpaired) electrons. The van der Waals surface area contributed by atoms with E-state index in [9.17, 15) is 4.79 Å². The summed E-state index contributed by atoms with van der Waals surface area (Å²) >= 11 is 15.4. The zero-order chi connectivity index (χ0) is 14.6. The van der Waals surface area contributed by atoms with Gasteiger partial charge in [-0.25, -0.2) is 0 Å². The van der Waals surface area contributed by atoms with Crippen LogP contribution in [0.2, 0.25) is 10.0 Å². The van der Waals surface area contributed by atoms with Crippen molar-refractivity contribution in [3.8, 4) is 0 Å². The van der Waals surface area contributed by atoms with E-state index in [-0.39, 0.29) is 11.4 Å². The number of carbonyl (C=O) groups is 1. The molecule has 0 unspecified atom stereocenters. The van der Waals surface area contributed by atoms with Gasteiger partial charge in [0, 0.05) is 10.9 Å². The van der Waals surface area contributed by atoms with E-state index in [0.717, 1.165) is 23.7 Å². The zero-order valence-corrected chi connectivity index (χ0v) is 14.3. The Hall–Kier alpha value is -0.250. The van der Waals surface area contributed by atoms with Crippen molar-refractivity contribution in [1.29, 1.82) is 0 Å². The Morgan fingerprint density at radius 3 is 2.50 bits per heavy atom. The zero-order valence-electron chi connectivity index (χ0n) is 11.2. The summed E-state index contributed by atoms with van der Waals surface area (Å²) in [6.45, 7) is 0. The molecule has 110 valence electrons. The number of nitrogens with one attached hydrogen (secondary N) is 1. The van der Waals surface area contributed by atoms with E-state index in [1.807, 2.05) is 6.07 Å². The Morgan fingerprint density at radius 2 is 1.90 bits per heavy atom. The number of hydrogen-bond donors (Lipinski definition) is 1. The fourth-order valence-electron chi connectivity index (χ4n) is 2.70. The highest BCUT2D eigenvalue weighted by molar-refractivity contribution is 9.09. The molecule has 1 aliphatic carbocycles. The number of halogens is 3. The third-order valence-electron chi connectivity index (χ3n) is 3.82. The molecule has 1 aromatic carbocycles. The molecule has 0 aliphatic heterocycles. The van der Waals surface area contributed by atoms with Crippen molar-refractivity contribution < 1.29 is 4.79 Å². The molecule has 1 fully saturated rings. The number of benzene rings is 1. The van der Waals surface area contributed by atoms with Crippen LogP contribution in [-0.2, 0) is 11.2 Å². The van der Waals surface area contributed by atoms with Gasteiger partial charge in [-0.2, -0.15) is 0 Å². The Balaban J connectivity index is 1.98. The van der Waals surface area contributed by atoms with Crippen LogP contribution < -0.4 is 5.32 Å². The highest BCUT2D eigenvalue weighted by atomic mass is 79.9. The van der Waals surface area contributed by atoms with Gasteiger partial charge in [0.25, 0.3) is 0 Å². The molecule has 20 heavy (non-hydrogen) atoms. The number of hydrogen-bond acceptors (Lipinski definition) is 1. The molecule has 0 spiro atoms. The summed E-state index contributed by atoms with van der Waals surface area (Å²) in [5.74, 6) is 0.0461. The van der Waals surface area contributed by atoms with E-state index >= 15 is 0 Å². The molecular formula is C15H18BrCl2NO. The summed E-state index contributed by atoms with van der Waals surface area (Å²) in [6.07, 6.45) is 6.05. The van der Waals surface area contributed by atoms with Gasteiger partial charge >= 0.3 is 0 Å². The van der Waals surface area contributed by atoms with Crippen molar-refractivity contribution in [2.45, 2.75) is 44.1 Å². The van der Waals surface area contributed by atoms with Crippen LogP contribution in [0.5, 0.6) is 0 Å². The first-order valence-electron chi connectivity index (χ1n) is 6.86. The van der Waals surface area contributed by atoms with Crippen LogP contribution in [0.4, 0.5) is 0 Å². The van der Waals surface area contributed by atoms with Gasteiger partial charge in [-0.3, -0.25) is 4.79 Å². The SMILES string of the molecule is O=C(Cc1ccc(Cl)c(Cl)c1)NC1(CBr)CCCCC1. The molecule has 1 saturated carbocycles. The van der Waals surface area contributed by atoms with Crippen LogP contribution in [0.25, 0.3) is 0 Å². The van der Waals surface area contributed by atoms with E-state index in [1.165, 1.54) is 19.3 Å². The van der Waals surface area contributed by atoms with Crippen LogP contribution in [-0.4, -0.2) is 16.8 Å². The lowest BCUT2D eigenvalue weighted by atomic mass is 9.83. The van der Waals surface area contributed by atoms with Crippen molar-refractivity contribution in [2.75, 3.05) is 5.33 Å². The summed E-state index contributed by atoms with van der Waals surface area (Å²) < 4.78 is 0. The molecule has 0 aromatic heterocycles. The van der Waals surface area contributed by atoms with Crippen LogP contribution in [0, 0.1) is 0 Å². The predicted octanol–water partition coefficient (Wildman–Crippen LogP) is 4.75. The first kappa shape index (κ1) is 16.1. The van der Waals surface area contributed by atoms with Crippen LogP contribution in [0.1, 0.15) is 37.7 Å². The minimum atomic E-state index is -0.0778. The van der Waals surface area contributed by atoms with E-state index in [2.05, 4.69) is 21.2 Å². The molecule has 1 aromatic rings. The Labute approximate surface area is 138 Å². The molecule has 5 heteroatoms. The highest BCUT2D eigenvalue weighted by Crippen LogP contribution is 2.30. The maximum Gasteiger partial charge on any atom is 0.224 e. The molecule has 1 N–H and O–H groups in total. The molecule has 0 saturated heterocycles. The largest absolute Gasteiger partial charge is 0.350 e. The first-order chi connectivity index (χ1) is 9.54. The lowest BCUT2D eigenvalue weighted by Gasteiger charge is -2.36. The van der Waals surface area contributed by atoms with Crippen LogP contribution in [0.3, 0.4) is 0 Å². The van der Waals surface area contributed by atoms with Gasteiger partial charge < -0.3 is 5.32 Å². The van der Waals surface area contributed by atoms with E-state index in [1.54, 1.807) is 12.1 Å². The average molecular weight is 379 g/mol. The summed E-state index contributed by atoms with van der Waals surface area (Å²) in [5, 5.41) is 5.02. The number of carbonyl (C=O) groups excluding carboxylic acids is 1. The number of amides is 1. The summed E-state index contributed by atoms with van der Waals surface area (Å²) in [6, 6.07) is 5.33. The highest BCUT2D eigenvalue weighted by Gasteiger charge is 2.32. The molecular weight excluding hydrogens is 361 g/mol. The average Bonchev–Trinajstić information content (AvgIpc) is 2.44. The van der Waals surface area contributed by atoms with Gasteiger partial charge in [0.15, 0.2) is 0 Å². The smallest absolute Gasteiger partial charge is 0.224 e. The quantitative estimate of drug-likeness (QED) is 0.752. The minimum absolute atomic E-state index is 0.0461. The Morgan fingerprint density at radius 1 is 1.20 bits per heavy atom. The van der Waals surface area contributed by atoms with Gasteiger partial charge in [0.1, 0.15) is 0 Å². The van der Waals surface area contributed by atoms with Gasteiger partial charge in [-0.15, -0.1) is 0 Å². The minimum Gasteiger partial charge on any atom is -0.350 e. The lowest BCUT2D eigenvalue weighted by Crippen LogP contribution is -2.51. The van der Waals surface area contributed by atoms with Crippen molar-refractivity contribution in [3.63, 3.8) is 0 Å². The van der Waals surface area contributed by atoms with Crippen LogP contribution >= 0.6 is 39.1 Å². The maximum atomic E-state index is 12.2. The Kier molecular flexibility index (Phi) is 5.76. The molecule has 1 amide bonds. The third kappa shape index (κ3) is 4.12. The van der Waals surface area contributed by atoms with E-state index in [0.29, 0.717) is 16.5 Å². The van der Waals surface area contributed by atoms with Gasteiger partial charge in [0.2, 0.25) is 5.91 Å². The van der Waals surface area contributed by atoms with Crippen LogP contribution in [0.15, 0.2) is 18.2 Å². The second kappa shape index (κ2) is 7.15. The summed E-state index contributed by atoms with van der Waals surface area (Å²) in [5.41, 5.74) is 0.809. The summed E-state index contributed by atoms with van der Waals surface area (Å²) in [4.78, 5) is 12.2. The van der Waals surface area contributed by atoms with Crippen molar-refractivity contribution >= 4 is 45.0 Å². The standard InChI is InChI=1S/C15H18BrCl2NO/c16-10-15(6-2-1-3-7-15)19-14(20)9-11-4-5-12(17)13(18)8-11/h4-5,8H,1-3,6-7,9-10H2,(H,19,20). The molecule has 0 heterocycles. The van der Waals surface area contributed by atoms with Gasteiger partial charge in [0.05, 0.1) is 16.5 Å². The summed E-state index contributed by atoms with van der Waals surface area (Å²) in [7, 11) is 0. The molecule has 0 atom stereocenters. The normalized spacial score (nSPS) is 17.8. The number of alkyl halides is 1. The van der Waals surface area contributed by atoms with Crippen molar-refractivity contribution in [2.24, 2.45) is 0 Å². The van der Waals surface area contributed by atoms with Crippen molar-refractivity contribution in [3.05, 3.63) is 33.8 Å². The Bertz CT molecular complexity index is 487. The lowest BCUT2D eigenvalue weighted by molar-refractivity contribution is -0.122. The fourth-order valence-corrected chi connectivity index (χ4v) is 3.72. The fraction of sp³-hybridized carbons (Fsp3) is 0.533. The molecule has 2 nitrogen and oxygen atoms in total. The second-order valence-corrected chi connectivity index (χ2v) is 6.82. The van der Waals surface area contributed by atoms with Gasteiger partial charge in [-0.05, 0) is 30.5 Å². The van der Waals surface area contributed by atoms with Crippen molar-refractivity contribution in [1.82, 2.24) is 5.32 Å².